The average Bonchev–Trinajstić information content (AvgIpc) is 2.41. The molecule has 0 fully saturated rings. The van der Waals surface area contributed by atoms with Gasteiger partial charge in [-0.15, -0.1) is 0 Å². The van der Waals surface area contributed by atoms with Crippen molar-refractivity contribution in [2.24, 2.45) is 0 Å². The van der Waals surface area contributed by atoms with Crippen LogP contribution in [0.2, 0.25) is 5.02 Å². The van der Waals surface area contributed by atoms with E-state index in [-0.39, 0.29) is 18.2 Å². The summed E-state index contributed by atoms with van der Waals surface area (Å²) in [5.74, 6) is 0.137. The van der Waals surface area contributed by atoms with Crippen LogP contribution in [0.15, 0.2) is 36.4 Å². The Morgan fingerprint density at radius 1 is 1.21 bits per heavy atom. The maximum atomic E-state index is 13.3. The summed E-state index contributed by atoms with van der Waals surface area (Å²) in [6, 6.07) is 10.1. The molecular weight excluding hydrogens is 267 g/mol. The lowest BCUT2D eigenvalue weighted by Crippen LogP contribution is -1.99. The minimum Gasteiger partial charge on any atom is -0.489 e. The van der Waals surface area contributed by atoms with Crippen molar-refractivity contribution in [1.29, 1.82) is 0 Å². The zero-order chi connectivity index (χ0) is 13.8. The molecule has 19 heavy (non-hydrogen) atoms. The third-order valence-corrected chi connectivity index (χ3v) is 3.07. The van der Waals surface area contributed by atoms with E-state index in [2.05, 4.69) is 0 Å². The van der Waals surface area contributed by atoms with Crippen molar-refractivity contribution in [3.8, 4) is 5.75 Å². The second-order valence-electron chi connectivity index (χ2n) is 4.31. The Labute approximate surface area is 116 Å². The standard InChI is InChI=1S/C15H14ClFO2/c1-10-2-5-15(12(6-10)8-18)19-9-11-3-4-13(16)14(17)7-11/h2-7,18H,8-9H2,1H3. The van der Waals surface area contributed by atoms with E-state index in [0.717, 1.165) is 11.1 Å². The molecule has 0 saturated carbocycles. The number of hydrogen-bond donors (Lipinski definition) is 1. The minimum atomic E-state index is -0.464. The third-order valence-electron chi connectivity index (χ3n) is 2.76. The van der Waals surface area contributed by atoms with Gasteiger partial charge in [-0.2, -0.15) is 0 Å². The maximum absolute atomic E-state index is 13.3. The molecule has 0 heterocycles. The van der Waals surface area contributed by atoms with E-state index >= 15 is 0 Å². The molecule has 2 aromatic carbocycles. The van der Waals surface area contributed by atoms with Crippen LogP contribution in [0.25, 0.3) is 0 Å². The minimum absolute atomic E-state index is 0.0913. The number of aliphatic hydroxyl groups excluding tert-OH is 1. The second kappa shape index (κ2) is 6.04. The molecule has 1 N–H and O–H groups in total. The Morgan fingerprint density at radius 2 is 2.00 bits per heavy atom. The number of ether oxygens (including phenoxy) is 1. The van der Waals surface area contributed by atoms with Gasteiger partial charge in [0.15, 0.2) is 0 Å². The Morgan fingerprint density at radius 3 is 2.68 bits per heavy atom. The van der Waals surface area contributed by atoms with Gasteiger partial charge in [0.05, 0.1) is 11.6 Å². The highest BCUT2D eigenvalue weighted by Crippen LogP contribution is 2.22. The summed E-state index contributed by atoms with van der Waals surface area (Å²) in [5.41, 5.74) is 2.45. The van der Waals surface area contributed by atoms with Gasteiger partial charge in [0.25, 0.3) is 0 Å². The Hall–Kier alpha value is -1.58. The van der Waals surface area contributed by atoms with Crippen LogP contribution in [0.1, 0.15) is 16.7 Å². The van der Waals surface area contributed by atoms with Gasteiger partial charge in [-0.05, 0) is 30.7 Å². The largest absolute Gasteiger partial charge is 0.489 e. The van der Waals surface area contributed by atoms with E-state index in [9.17, 15) is 9.50 Å². The Balaban J connectivity index is 2.12. The predicted octanol–water partition coefficient (Wildman–Crippen LogP) is 3.86. The van der Waals surface area contributed by atoms with Gasteiger partial charge in [-0.3, -0.25) is 0 Å². The van der Waals surface area contributed by atoms with Crippen LogP contribution in [0, 0.1) is 12.7 Å². The second-order valence-corrected chi connectivity index (χ2v) is 4.71. The van der Waals surface area contributed by atoms with Crippen molar-refractivity contribution >= 4 is 11.6 Å². The fourth-order valence-electron chi connectivity index (χ4n) is 1.76. The zero-order valence-corrected chi connectivity index (χ0v) is 11.2. The van der Waals surface area contributed by atoms with Gasteiger partial charge in [0.2, 0.25) is 0 Å². The molecular formula is C15H14ClFO2. The lowest BCUT2D eigenvalue weighted by Gasteiger charge is -2.11. The number of aliphatic hydroxyl groups is 1. The fourth-order valence-corrected chi connectivity index (χ4v) is 1.88. The highest BCUT2D eigenvalue weighted by molar-refractivity contribution is 6.30. The summed E-state index contributed by atoms with van der Waals surface area (Å²) in [7, 11) is 0. The van der Waals surface area contributed by atoms with Gasteiger partial charge in [-0.25, -0.2) is 4.39 Å². The first-order valence-corrected chi connectivity index (χ1v) is 6.25. The molecule has 0 unspecified atom stereocenters. The Bertz CT molecular complexity index is 584. The normalized spacial score (nSPS) is 10.5. The van der Waals surface area contributed by atoms with Crippen LogP contribution in [-0.4, -0.2) is 5.11 Å². The SMILES string of the molecule is Cc1ccc(OCc2ccc(Cl)c(F)c2)c(CO)c1. The summed E-state index contributed by atoms with van der Waals surface area (Å²) in [5, 5.41) is 9.36. The zero-order valence-electron chi connectivity index (χ0n) is 10.5. The predicted molar refractivity (Wildman–Crippen MR) is 72.8 cm³/mol. The molecule has 2 aromatic rings. The van der Waals surface area contributed by atoms with E-state index in [1.54, 1.807) is 12.1 Å². The molecule has 0 radical (unpaired) electrons. The van der Waals surface area contributed by atoms with Crippen LogP contribution >= 0.6 is 11.6 Å². The molecule has 0 atom stereocenters. The maximum Gasteiger partial charge on any atom is 0.142 e. The van der Waals surface area contributed by atoms with Crippen molar-refractivity contribution < 1.29 is 14.2 Å². The first-order valence-electron chi connectivity index (χ1n) is 5.87. The molecule has 0 spiro atoms. The first kappa shape index (κ1) is 13.8. The number of aryl methyl sites for hydroxylation is 1. The van der Waals surface area contributed by atoms with Crippen molar-refractivity contribution in [1.82, 2.24) is 0 Å². The molecule has 100 valence electrons. The summed E-state index contributed by atoms with van der Waals surface area (Å²) in [6.45, 7) is 2.08. The van der Waals surface area contributed by atoms with E-state index in [1.165, 1.54) is 12.1 Å². The van der Waals surface area contributed by atoms with Crippen molar-refractivity contribution in [2.45, 2.75) is 20.1 Å². The molecule has 4 heteroatoms. The quantitative estimate of drug-likeness (QED) is 0.921. The van der Waals surface area contributed by atoms with Crippen LogP contribution in [0.5, 0.6) is 5.75 Å². The number of benzene rings is 2. The highest BCUT2D eigenvalue weighted by atomic mass is 35.5. The lowest BCUT2D eigenvalue weighted by molar-refractivity contribution is 0.258. The van der Waals surface area contributed by atoms with Gasteiger partial charge in [0.1, 0.15) is 18.2 Å². The van der Waals surface area contributed by atoms with Crippen molar-refractivity contribution in [2.75, 3.05) is 0 Å². The van der Waals surface area contributed by atoms with Crippen molar-refractivity contribution in [3.63, 3.8) is 0 Å². The third kappa shape index (κ3) is 3.46. The van der Waals surface area contributed by atoms with Gasteiger partial charge < -0.3 is 9.84 Å². The smallest absolute Gasteiger partial charge is 0.142 e. The summed E-state index contributed by atoms with van der Waals surface area (Å²) >= 11 is 5.61. The number of rotatable bonds is 4. The molecule has 0 aliphatic rings. The highest BCUT2D eigenvalue weighted by Gasteiger charge is 2.05. The summed E-state index contributed by atoms with van der Waals surface area (Å²) in [4.78, 5) is 0. The molecule has 2 rings (SSSR count). The number of hydrogen-bond acceptors (Lipinski definition) is 2. The molecule has 0 amide bonds. The fraction of sp³-hybridized carbons (Fsp3) is 0.200. The molecule has 0 aromatic heterocycles. The van der Waals surface area contributed by atoms with E-state index in [0.29, 0.717) is 11.3 Å². The van der Waals surface area contributed by atoms with Crippen LogP contribution in [0.3, 0.4) is 0 Å². The topological polar surface area (TPSA) is 29.5 Å². The Kier molecular flexibility index (Phi) is 4.40. The monoisotopic (exact) mass is 280 g/mol. The van der Waals surface area contributed by atoms with E-state index in [4.69, 9.17) is 16.3 Å². The van der Waals surface area contributed by atoms with Crippen LogP contribution in [-0.2, 0) is 13.2 Å². The van der Waals surface area contributed by atoms with Gasteiger partial charge in [-0.1, -0.05) is 35.4 Å². The lowest BCUT2D eigenvalue weighted by atomic mass is 10.1. The molecule has 0 bridgehead atoms. The summed E-state index contributed by atoms with van der Waals surface area (Å²) < 4.78 is 18.9. The summed E-state index contributed by atoms with van der Waals surface area (Å²) in [6.07, 6.45) is 0. The van der Waals surface area contributed by atoms with Crippen LogP contribution < -0.4 is 4.74 Å². The number of halogens is 2. The molecule has 0 aliphatic carbocycles. The van der Waals surface area contributed by atoms with Crippen LogP contribution in [0.4, 0.5) is 4.39 Å². The molecule has 0 aliphatic heterocycles. The van der Waals surface area contributed by atoms with Crippen molar-refractivity contribution in [3.05, 3.63) is 63.9 Å². The molecule has 2 nitrogen and oxygen atoms in total. The average molecular weight is 281 g/mol. The van der Waals surface area contributed by atoms with Gasteiger partial charge >= 0.3 is 0 Å². The van der Waals surface area contributed by atoms with E-state index < -0.39 is 5.82 Å². The van der Waals surface area contributed by atoms with Gasteiger partial charge in [0, 0.05) is 5.56 Å². The first-order chi connectivity index (χ1) is 9.10. The van der Waals surface area contributed by atoms with E-state index in [1.807, 2.05) is 19.1 Å². The molecule has 0 saturated heterocycles.